The largest absolute Gasteiger partial charge is 0.448 e. The van der Waals surface area contributed by atoms with Gasteiger partial charge in [0.25, 0.3) is 15.9 Å². The number of hydrogen-bond donors (Lipinski definition) is 0. The van der Waals surface area contributed by atoms with Crippen molar-refractivity contribution < 1.29 is 17.6 Å². The zero-order valence-corrected chi connectivity index (χ0v) is 19.2. The molecule has 0 N–H and O–H groups in total. The van der Waals surface area contributed by atoms with Gasteiger partial charge in [-0.3, -0.25) is 4.79 Å². The second-order valence-electron chi connectivity index (χ2n) is 6.91. The van der Waals surface area contributed by atoms with Crippen molar-refractivity contribution in [3.63, 3.8) is 0 Å². The topological polar surface area (TPSA) is 83.7 Å². The molecule has 0 radical (unpaired) electrons. The lowest BCUT2D eigenvalue weighted by Gasteiger charge is -2.33. The van der Waals surface area contributed by atoms with Gasteiger partial charge in [0.15, 0.2) is 16.5 Å². The van der Waals surface area contributed by atoms with Crippen molar-refractivity contribution in [2.75, 3.05) is 26.2 Å². The van der Waals surface area contributed by atoms with E-state index < -0.39 is 10.0 Å². The molecule has 1 aliphatic rings. The second kappa shape index (κ2) is 8.03. The number of benzene rings is 1. The maximum absolute atomic E-state index is 12.9. The van der Waals surface area contributed by atoms with Crippen molar-refractivity contribution in [2.24, 2.45) is 0 Å². The van der Waals surface area contributed by atoms with Gasteiger partial charge < -0.3 is 9.32 Å². The van der Waals surface area contributed by atoms with Gasteiger partial charge in [0, 0.05) is 26.2 Å². The zero-order valence-electron chi connectivity index (χ0n) is 16.0. The van der Waals surface area contributed by atoms with Crippen LogP contribution in [0.3, 0.4) is 0 Å². The van der Waals surface area contributed by atoms with E-state index in [1.807, 2.05) is 24.3 Å². The molecule has 3 aromatic heterocycles. The molecule has 0 unspecified atom stereocenters. The molecule has 0 spiro atoms. The average molecular weight is 494 g/mol. The van der Waals surface area contributed by atoms with Gasteiger partial charge >= 0.3 is 0 Å². The third-order valence-electron chi connectivity index (χ3n) is 4.99. The highest BCUT2D eigenvalue weighted by Crippen LogP contribution is 2.32. The van der Waals surface area contributed by atoms with Gasteiger partial charge in [-0.1, -0.05) is 23.7 Å². The first-order chi connectivity index (χ1) is 14.9. The normalized spacial score (nSPS) is 15.6. The molecular weight excluding hydrogens is 478 g/mol. The van der Waals surface area contributed by atoms with Gasteiger partial charge in [0.1, 0.15) is 4.21 Å². The predicted molar refractivity (Wildman–Crippen MR) is 121 cm³/mol. The Labute approximate surface area is 191 Å². The van der Waals surface area contributed by atoms with Crippen LogP contribution in [0, 0.1) is 0 Å². The van der Waals surface area contributed by atoms with Crippen LogP contribution in [0.2, 0.25) is 4.34 Å². The van der Waals surface area contributed by atoms with Crippen molar-refractivity contribution in [1.29, 1.82) is 0 Å². The number of halogens is 1. The second-order valence-corrected chi connectivity index (χ2v) is 11.8. The number of aromatic nitrogens is 1. The van der Waals surface area contributed by atoms with E-state index in [4.69, 9.17) is 16.0 Å². The summed E-state index contributed by atoms with van der Waals surface area (Å²) in [4.78, 5) is 19.0. The maximum Gasteiger partial charge on any atom is 0.289 e. The molecule has 1 aromatic carbocycles. The van der Waals surface area contributed by atoms with E-state index in [9.17, 15) is 13.2 Å². The Bertz CT molecular complexity index is 1330. The van der Waals surface area contributed by atoms with Crippen molar-refractivity contribution in [2.45, 2.75) is 4.21 Å². The summed E-state index contributed by atoms with van der Waals surface area (Å²) >= 11 is 8.41. The third kappa shape index (κ3) is 3.90. The van der Waals surface area contributed by atoms with Crippen LogP contribution in [0.5, 0.6) is 0 Å². The minimum atomic E-state index is -3.60. The molecule has 4 aromatic rings. The molecule has 7 nitrogen and oxygen atoms in total. The van der Waals surface area contributed by atoms with Gasteiger partial charge in [-0.15, -0.1) is 22.7 Å². The zero-order chi connectivity index (χ0) is 21.6. The molecule has 1 fully saturated rings. The van der Waals surface area contributed by atoms with E-state index in [0.717, 1.165) is 21.6 Å². The smallest absolute Gasteiger partial charge is 0.289 e. The van der Waals surface area contributed by atoms with E-state index in [-0.39, 0.29) is 42.1 Å². The Hall–Kier alpha value is -2.24. The molecule has 1 saturated heterocycles. The molecule has 0 atom stereocenters. The quantitative estimate of drug-likeness (QED) is 0.420. The highest BCUT2D eigenvalue weighted by molar-refractivity contribution is 7.91. The van der Waals surface area contributed by atoms with Crippen molar-refractivity contribution in [1.82, 2.24) is 14.2 Å². The highest BCUT2D eigenvalue weighted by atomic mass is 35.5. The van der Waals surface area contributed by atoms with Crippen LogP contribution < -0.4 is 0 Å². The fraction of sp³-hybridized carbons (Fsp3) is 0.200. The SMILES string of the molecule is O=C(c1ccc(-c2nc3ccccc3s2)o1)N1CCN(S(=O)(=O)c2ccc(Cl)s2)CC1. The van der Waals surface area contributed by atoms with Crippen LogP contribution >= 0.6 is 34.3 Å². The summed E-state index contributed by atoms with van der Waals surface area (Å²) in [5.41, 5.74) is 0.885. The number of rotatable bonds is 4. The van der Waals surface area contributed by atoms with Gasteiger partial charge in [-0.2, -0.15) is 4.31 Å². The van der Waals surface area contributed by atoms with Gasteiger partial charge in [-0.25, -0.2) is 13.4 Å². The average Bonchev–Trinajstić information content (AvgIpc) is 3.52. The number of amides is 1. The van der Waals surface area contributed by atoms with E-state index in [1.54, 1.807) is 23.1 Å². The molecule has 5 rings (SSSR count). The first-order valence-electron chi connectivity index (χ1n) is 9.42. The number of furan rings is 1. The molecular formula is C20H16ClN3O4S3. The fourth-order valence-corrected chi connectivity index (χ4v) is 7.38. The molecule has 0 saturated carbocycles. The van der Waals surface area contributed by atoms with E-state index in [2.05, 4.69) is 4.98 Å². The minimum Gasteiger partial charge on any atom is -0.448 e. The number of carbonyl (C=O) groups excluding carboxylic acids is 1. The van der Waals surface area contributed by atoms with Crippen LogP contribution in [-0.2, 0) is 10.0 Å². The number of para-hydroxylation sites is 1. The summed E-state index contributed by atoms with van der Waals surface area (Å²) in [6, 6.07) is 14.3. The Kier molecular flexibility index (Phi) is 5.35. The number of hydrogen-bond acceptors (Lipinski definition) is 7. The standard InChI is InChI=1S/C20H16ClN3O4S3/c21-17-7-8-18(30-17)31(26,27)24-11-9-23(10-12-24)20(25)15-6-5-14(28-15)19-22-13-3-1-2-4-16(13)29-19/h1-8H,9-12H2. The molecule has 0 aliphatic carbocycles. The van der Waals surface area contributed by atoms with Gasteiger partial charge in [0.2, 0.25) is 0 Å². The lowest BCUT2D eigenvalue weighted by atomic mass is 10.3. The molecule has 1 amide bonds. The van der Waals surface area contributed by atoms with Crippen molar-refractivity contribution >= 4 is 60.4 Å². The summed E-state index contributed by atoms with van der Waals surface area (Å²) in [5.74, 6) is 0.500. The van der Waals surface area contributed by atoms with Crippen LogP contribution in [0.1, 0.15) is 10.6 Å². The number of piperazine rings is 1. The first kappa shape index (κ1) is 20.7. The monoisotopic (exact) mass is 493 g/mol. The number of thiazole rings is 1. The summed E-state index contributed by atoms with van der Waals surface area (Å²) in [6.07, 6.45) is 0. The van der Waals surface area contributed by atoms with Gasteiger partial charge in [-0.05, 0) is 36.4 Å². The highest BCUT2D eigenvalue weighted by Gasteiger charge is 2.32. The van der Waals surface area contributed by atoms with Gasteiger partial charge in [0.05, 0.1) is 14.6 Å². The van der Waals surface area contributed by atoms with Crippen LogP contribution in [0.4, 0.5) is 0 Å². The molecule has 160 valence electrons. The Balaban J connectivity index is 1.28. The number of fused-ring (bicyclic) bond motifs is 1. The number of carbonyl (C=O) groups is 1. The van der Waals surface area contributed by atoms with Crippen molar-refractivity contribution in [3.05, 3.63) is 58.6 Å². The van der Waals surface area contributed by atoms with Crippen LogP contribution in [0.15, 0.2) is 57.2 Å². The molecule has 0 bridgehead atoms. The molecule has 31 heavy (non-hydrogen) atoms. The molecule has 1 aliphatic heterocycles. The van der Waals surface area contributed by atoms with E-state index in [1.165, 1.54) is 21.7 Å². The predicted octanol–water partition coefficient (Wildman–Crippen LogP) is 4.42. The van der Waals surface area contributed by atoms with Crippen molar-refractivity contribution in [3.8, 4) is 10.8 Å². The minimum absolute atomic E-state index is 0.212. The summed E-state index contributed by atoms with van der Waals surface area (Å²) in [5, 5.41) is 0.714. The number of nitrogens with zero attached hydrogens (tertiary/aromatic N) is 3. The molecule has 4 heterocycles. The van der Waals surface area contributed by atoms with Crippen LogP contribution in [-0.4, -0.2) is 54.7 Å². The lowest BCUT2D eigenvalue weighted by molar-refractivity contribution is 0.0667. The Morgan fingerprint density at radius 3 is 2.48 bits per heavy atom. The summed E-state index contributed by atoms with van der Waals surface area (Å²) in [6.45, 7) is 1.01. The Morgan fingerprint density at radius 1 is 1.00 bits per heavy atom. The Morgan fingerprint density at radius 2 is 1.77 bits per heavy atom. The number of thiophene rings is 1. The fourth-order valence-electron chi connectivity index (χ4n) is 3.40. The van der Waals surface area contributed by atoms with E-state index in [0.29, 0.717) is 15.1 Å². The third-order valence-corrected chi connectivity index (χ3v) is 9.64. The van der Waals surface area contributed by atoms with E-state index >= 15 is 0 Å². The first-order valence-corrected chi connectivity index (χ1v) is 12.9. The summed E-state index contributed by atoms with van der Waals surface area (Å²) in [7, 11) is -3.60. The lowest BCUT2D eigenvalue weighted by Crippen LogP contribution is -2.50. The molecule has 11 heteroatoms. The number of sulfonamides is 1. The summed E-state index contributed by atoms with van der Waals surface area (Å²) < 4.78 is 34.3. The maximum atomic E-state index is 12.9. The van der Waals surface area contributed by atoms with Crippen LogP contribution in [0.25, 0.3) is 21.0 Å².